The molecular weight excluding hydrogens is 336 g/mol. The Morgan fingerprint density at radius 2 is 1.92 bits per heavy atom. The maximum Gasteiger partial charge on any atom is 0.344 e. The fourth-order valence-corrected chi connectivity index (χ4v) is 4.28. The zero-order valence-corrected chi connectivity index (χ0v) is 15.1. The van der Waals surface area contributed by atoms with Crippen LogP contribution < -0.4 is 5.32 Å². The highest BCUT2D eigenvalue weighted by molar-refractivity contribution is 6.30. The van der Waals surface area contributed by atoms with Crippen molar-refractivity contribution in [2.24, 2.45) is 11.8 Å². The molecule has 3 atom stereocenters. The Morgan fingerprint density at radius 3 is 2.52 bits per heavy atom. The minimum atomic E-state index is 0.00757. The number of aryl methyl sites for hydroxylation is 1. The lowest BCUT2D eigenvalue weighted by Gasteiger charge is -2.19. The fourth-order valence-electron chi connectivity index (χ4n) is 4.15. The normalized spacial score (nSPS) is 25.4. The lowest BCUT2D eigenvalue weighted by molar-refractivity contribution is 0.202. The van der Waals surface area contributed by atoms with Gasteiger partial charge in [-0.1, -0.05) is 23.7 Å². The van der Waals surface area contributed by atoms with Crippen LogP contribution in [-0.2, 0) is 6.54 Å². The van der Waals surface area contributed by atoms with E-state index in [1.807, 2.05) is 24.0 Å². The number of likely N-dealkylation sites (tertiary alicyclic amines) is 1. The van der Waals surface area contributed by atoms with E-state index in [-0.39, 0.29) is 6.03 Å². The molecule has 0 spiro atoms. The van der Waals surface area contributed by atoms with E-state index in [2.05, 4.69) is 22.5 Å². The van der Waals surface area contributed by atoms with Crippen molar-refractivity contribution in [2.75, 3.05) is 13.1 Å². The molecule has 2 fully saturated rings. The molecule has 0 radical (unpaired) electrons. The first-order valence-electron chi connectivity index (χ1n) is 8.87. The Labute approximate surface area is 153 Å². The first-order valence-corrected chi connectivity index (χ1v) is 9.24. The molecule has 2 heterocycles. The summed E-state index contributed by atoms with van der Waals surface area (Å²) in [6, 6.07) is 8.54. The summed E-state index contributed by atoms with van der Waals surface area (Å²) in [5, 5.41) is 8.58. The standard InChI is InChI=1S/C19H23ClN4O/c1-13-8-22-24(10-13)19(25)23-11-15-6-18(7-16(15)12-23)21-9-14-2-4-17(20)5-3-14/h2-5,8,10,15-16,18,21H,6-7,9,11-12H2,1H3/t15-,16+,18?. The molecule has 25 heavy (non-hydrogen) atoms. The van der Waals surface area contributed by atoms with Crippen LogP contribution in [-0.4, -0.2) is 39.8 Å². The first-order chi connectivity index (χ1) is 12.1. The predicted octanol–water partition coefficient (Wildman–Crippen LogP) is 3.31. The predicted molar refractivity (Wildman–Crippen MR) is 97.6 cm³/mol. The van der Waals surface area contributed by atoms with Crippen molar-refractivity contribution in [1.29, 1.82) is 0 Å². The van der Waals surface area contributed by atoms with Crippen LogP contribution >= 0.6 is 11.6 Å². The summed E-state index contributed by atoms with van der Waals surface area (Å²) < 4.78 is 1.46. The molecule has 1 aromatic carbocycles. The van der Waals surface area contributed by atoms with Gasteiger partial charge in [0.2, 0.25) is 0 Å². The van der Waals surface area contributed by atoms with Gasteiger partial charge < -0.3 is 10.2 Å². The number of amides is 1. The van der Waals surface area contributed by atoms with Crippen LogP contribution in [0.4, 0.5) is 4.79 Å². The van der Waals surface area contributed by atoms with Crippen LogP contribution in [0.15, 0.2) is 36.7 Å². The number of halogens is 1. The van der Waals surface area contributed by atoms with E-state index in [0.717, 1.165) is 43.1 Å². The minimum Gasteiger partial charge on any atom is -0.322 e. The summed E-state index contributed by atoms with van der Waals surface area (Å²) in [6.07, 6.45) is 5.80. The van der Waals surface area contributed by atoms with Crippen molar-refractivity contribution in [3.05, 3.63) is 52.8 Å². The number of benzene rings is 1. The Kier molecular flexibility index (Phi) is 4.52. The summed E-state index contributed by atoms with van der Waals surface area (Å²) in [7, 11) is 0. The molecule has 2 aromatic rings. The van der Waals surface area contributed by atoms with Gasteiger partial charge in [-0.3, -0.25) is 0 Å². The van der Waals surface area contributed by atoms with Crippen LogP contribution in [0.3, 0.4) is 0 Å². The second-order valence-electron chi connectivity index (χ2n) is 7.35. The highest BCUT2D eigenvalue weighted by Gasteiger charge is 2.42. The molecule has 1 unspecified atom stereocenters. The SMILES string of the molecule is Cc1cnn(C(=O)N2C[C@H]3CC(NCc4ccc(Cl)cc4)C[C@H]3C2)c1. The van der Waals surface area contributed by atoms with Crippen molar-refractivity contribution in [1.82, 2.24) is 20.0 Å². The summed E-state index contributed by atoms with van der Waals surface area (Å²) in [4.78, 5) is 14.5. The van der Waals surface area contributed by atoms with Gasteiger partial charge in [0.25, 0.3) is 0 Å². The van der Waals surface area contributed by atoms with E-state index in [9.17, 15) is 4.79 Å². The van der Waals surface area contributed by atoms with Crippen molar-refractivity contribution in [2.45, 2.75) is 32.4 Å². The van der Waals surface area contributed by atoms with E-state index in [0.29, 0.717) is 17.9 Å². The van der Waals surface area contributed by atoms with Gasteiger partial charge in [-0.05, 0) is 54.9 Å². The van der Waals surface area contributed by atoms with Gasteiger partial charge in [0.05, 0.1) is 6.20 Å². The topological polar surface area (TPSA) is 50.2 Å². The zero-order valence-electron chi connectivity index (χ0n) is 14.4. The minimum absolute atomic E-state index is 0.00757. The maximum absolute atomic E-state index is 12.5. The molecule has 1 N–H and O–H groups in total. The van der Waals surface area contributed by atoms with Crippen molar-refractivity contribution < 1.29 is 4.79 Å². The third-order valence-corrected chi connectivity index (χ3v) is 5.69. The van der Waals surface area contributed by atoms with E-state index in [1.165, 1.54) is 10.2 Å². The first kappa shape index (κ1) is 16.6. The third-order valence-electron chi connectivity index (χ3n) is 5.44. The number of carbonyl (C=O) groups excluding carboxylic acids is 1. The van der Waals surface area contributed by atoms with Crippen LogP contribution in [0, 0.1) is 18.8 Å². The molecule has 1 saturated carbocycles. The Hall–Kier alpha value is -1.85. The smallest absolute Gasteiger partial charge is 0.322 e. The average Bonchev–Trinajstić information content (AvgIpc) is 3.28. The van der Waals surface area contributed by atoms with E-state index in [1.54, 1.807) is 12.4 Å². The monoisotopic (exact) mass is 358 g/mol. The summed E-state index contributed by atoms with van der Waals surface area (Å²) in [5.74, 6) is 1.20. The largest absolute Gasteiger partial charge is 0.344 e. The van der Waals surface area contributed by atoms with E-state index >= 15 is 0 Å². The number of rotatable bonds is 3. The summed E-state index contributed by atoms with van der Waals surface area (Å²) >= 11 is 5.93. The van der Waals surface area contributed by atoms with E-state index < -0.39 is 0 Å². The van der Waals surface area contributed by atoms with Gasteiger partial charge in [0, 0.05) is 36.9 Å². The number of nitrogens with zero attached hydrogens (tertiary/aromatic N) is 3. The molecule has 0 bridgehead atoms. The molecule has 1 aliphatic heterocycles. The number of fused-ring (bicyclic) bond motifs is 1. The molecule has 1 aliphatic carbocycles. The molecule has 2 aliphatic rings. The third kappa shape index (κ3) is 3.58. The quantitative estimate of drug-likeness (QED) is 0.915. The van der Waals surface area contributed by atoms with Gasteiger partial charge in [-0.15, -0.1) is 0 Å². The van der Waals surface area contributed by atoms with Crippen LogP contribution in [0.5, 0.6) is 0 Å². The summed E-state index contributed by atoms with van der Waals surface area (Å²) in [6.45, 7) is 4.52. The zero-order chi connectivity index (χ0) is 17.4. The van der Waals surface area contributed by atoms with Crippen molar-refractivity contribution in [3.63, 3.8) is 0 Å². The van der Waals surface area contributed by atoms with E-state index in [4.69, 9.17) is 11.6 Å². The second-order valence-corrected chi connectivity index (χ2v) is 7.78. The highest BCUT2D eigenvalue weighted by atomic mass is 35.5. The Morgan fingerprint density at radius 1 is 1.24 bits per heavy atom. The maximum atomic E-state index is 12.5. The van der Waals surface area contributed by atoms with Crippen LogP contribution in [0.1, 0.15) is 24.0 Å². The molecule has 4 rings (SSSR count). The molecule has 1 aromatic heterocycles. The number of carbonyl (C=O) groups is 1. The van der Waals surface area contributed by atoms with Crippen LogP contribution in [0.25, 0.3) is 0 Å². The average molecular weight is 359 g/mol. The van der Waals surface area contributed by atoms with Crippen molar-refractivity contribution in [3.8, 4) is 0 Å². The second kappa shape index (κ2) is 6.81. The number of nitrogens with one attached hydrogen (secondary N) is 1. The number of hydrogen-bond acceptors (Lipinski definition) is 3. The van der Waals surface area contributed by atoms with Crippen LogP contribution in [0.2, 0.25) is 5.02 Å². The van der Waals surface area contributed by atoms with Gasteiger partial charge in [-0.2, -0.15) is 9.78 Å². The number of hydrogen-bond donors (Lipinski definition) is 1. The Bertz CT molecular complexity index is 743. The molecular formula is C19H23ClN4O. The van der Waals surface area contributed by atoms with Crippen molar-refractivity contribution >= 4 is 17.6 Å². The molecule has 1 amide bonds. The van der Waals surface area contributed by atoms with Gasteiger partial charge in [0.1, 0.15) is 0 Å². The molecule has 1 saturated heterocycles. The number of aromatic nitrogens is 2. The van der Waals surface area contributed by atoms with Gasteiger partial charge >= 0.3 is 6.03 Å². The highest BCUT2D eigenvalue weighted by Crippen LogP contribution is 2.38. The Balaban J connectivity index is 1.28. The molecule has 132 valence electrons. The molecule has 6 heteroatoms. The summed E-state index contributed by atoms with van der Waals surface area (Å²) in [5.41, 5.74) is 2.27. The fraction of sp³-hybridized carbons (Fsp3) is 0.474. The molecule has 5 nitrogen and oxygen atoms in total. The lowest BCUT2D eigenvalue weighted by atomic mass is 10.0. The van der Waals surface area contributed by atoms with Gasteiger partial charge in [-0.25, -0.2) is 4.79 Å². The lowest BCUT2D eigenvalue weighted by Crippen LogP contribution is -2.35. The van der Waals surface area contributed by atoms with Gasteiger partial charge in [0.15, 0.2) is 0 Å².